The molecule has 0 amide bonds. The first-order valence-corrected chi connectivity index (χ1v) is 4.22. The van der Waals surface area contributed by atoms with Gasteiger partial charge in [-0.05, 0) is 6.07 Å². The predicted molar refractivity (Wildman–Crippen MR) is 49.8 cm³/mol. The highest BCUT2D eigenvalue weighted by Gasteiger charge is 2.06. The highest BCUT2D eigenvalue weighted by atomic mass is 16.5. The van der Waals surface area contributed by atoms with Gasteiger partial charge in [-0.1, -0.05) is 6.92 Å². The molecule has 0 unspecified atom stereocenters. The van der Waals surface area contributed by atoms with E-state index in [2.05, 4.69) is 21.9 Å². The minimum absolute atomic E-state index is 0.577. The highest BCUT2D eigenvalue weighted by molar-refractivity contribution is 5.79. The van der Waals surface area contributed by atoms with Crippen molar-refractivity contribution in [3.63, 3.8) is 0 Å². The van der Waals surface area contributed by atoms with Crippen molar-refractivity contribution >= 4 is 11.0 Å². The summed E-state index contributed by atoms with van der Waals surface area (Å²) >= 11 is 0. The highest BCUT2D eigenvalue weighted by Crippen LogP contribution is 2.19. The Morgan fingerprint density at radius 3 is 3.08 bits per heavy atom. The van der Waals surface area contributed by atoms with Gasteiger partial charge in [0.1, 0.15) is 5.82 Å². The predicted octanol–water partition coefficient (Wildman–Crippen LogP) is 1.53. The molecular weight excluding hydrogens is 166 g/mol. The van der Waals surface area contributed by atoms with Crippen LogP contribution < -0.4 is 4.74 Å². The first-order chi connectivity index (χ1) is 6.35. The number of H-pyrrole nitrogens is 1. The van der Waals surface area contributed by atoms with Crippen LogP contribution >= 0.6 is 0 Å². The first-order valence-electron chi connectivity index (χ1n) is 4.22. The fourth-order valence-electron chi connectivity index (χ4n) is 1.28. The van der Waals surface area contributed by atoms with Gasteiger partial charge in [-0.2, -0.15) is 0 Å². The second-order valence-electron chi connectivity index (χ2n) is 2.75. The van der Waals surface area contributed by atoms with Crippen LogP contribution in [0.3, 0.4) is 0 Å². The van der Waals surface area contributed by atoms with Crippen molar-refractivity contribution in [1.29, 1.82) is 0 Å². The van der Waals surface area contributed by atoms with Gasteiger partial charge in [0, 0.05) is 12.6 Å². The number of aryl methyl sites for hydroxylation is 1. The molecule has 0 radical (unpaired) electrons. The number of imidazole rings is 1. The largest absolute Gasteiger partial charge is 0.479 e. The van der Waals surface area contributed by atoms with Gasteiger partial charge in [-0.3, -0.25) is 0 Å². The van der Waals surface area contributed by atoms with Gasteiger partial charge in [0.05, 0.1) is 12.6 Å². The Morgan fingerprint density at radius 1 is 1.54 bits per heavy atom. The second-order valence-corrected chi connectivity index (χ2v) is 2.75. The molecule has 0 aliphatic heterocycles. The average molecular weight is 177 g/mol. The van der Waals surface area contributed by atoms with Crippen molar-refractivity contribution in [2.45, 2.75) is 13.3 Å². The molecular formula is C9H11N3O. The summed E-state index contributed by atoms with van der Waals surface area (Å²) in [5.41, 5.74) is 1.78. The molecule has 2 rings (SSSR count). The number of nitrogens with zero attached hydrogens (tertiary/aromatic N) is 2. The summed E-state index contributed by atoms with van der Waals surface area (Å²) in [7, 11) is 1.60. The molecule has 0 saturated carbocycles. The van der Waals surface area contributed by atoms with Crippen LogP contribution in [0.5, 0.6) is 5.88 Å². The molecule has 0 aliphatic rings. The van der Waals surface area contributed by atoms with Gasteiger partial charge >= 0.3 is 0 Å². The van der Waals surface area contributed by atoms with Crippen LogP contribution in [0.1, 0.15) is 12.7 Å². The summed E-state index contributed by atoms with van der Waals surface area (Å²) in [4.78, 5) is 11.6. The standard InChI is InChI=1S/C9H11N3O/c1-3-7-11-6-4-5-10-9(13-2)8(6)12-7/h4-5H,3H2,1-2H3,(H,11,12). The zero-order valence-corrected chi connectivity index (χ0v) is 7.66. The van der Waals surface area contributed by atoms with Crippen LogP contribution in [0.4, 0.5) is 0 Å². The van der Waals surface area contributed by atoms with Gasteiger partial charge < -0.3 is 9.72 Å². The third-order valence-corrected chi connectivity index (χ3v) is 1.94. The monoisotopic (exact) mass is 177 g/mol. The van der Waals surface area contributed by atoms with E-state index in [9.17, 15) is 0 Å². The Hall–Kier alpha value is -1.58. The molecule has 0 atom stereocenters. The van der Waals surface area contributed by atoms with Crippen LogP contribution in [0.25, 0.3) is 11.0 Å². The first kappa shape index (κ1) is 8.04. The number of methoxy groups -OCH3 is 1. The number of hydrogen-bond acceptors (Lipinski definition) is 3. The molecule has 2 aromatic rings. The van der Waals surface area contributed by atoms with Crippen molar-refractivity contribution < 1.29 is 4.74 Å². The summed E-state index contributed by atoms with van der Waals surface area (Å²) < 4.78 is 5.09. The maximum Gasteiger partial charge on any atom is 0.241 e. The molecule has 0 bridgehead atoms. The zero-order valence-electron chi connectivity index (χ0n) is 7.66. The Balaban J connectivity index is 2.67. The van der Waals surface area contributed by atoms with Crippen LogP contribution in [0.2, 0.25) is 0 Å². The number of aromatic amines is 1. The molecule has 0 saturated heterocycles. The number of rotatable bonds is 2. The van der Waals surface area contributed by atoms with Crippen LogP contribution in [-0.2, 0) is 6.42 Å². The minimum Gasteiger partial charge on any atom is -0.479 e. The molecule has 13 heavy (non-hydrogen) atoms. The lowest BCUT2D eigenvalue weighted by molar-refractivity contribution is 0.402. The fourth-order valence-corrected chi connectivity index (χ4v) is 1.28. The van der Waals surface area contributed by atoms with Gasteiger partial charge in [-0.25, -0.2) is 9.97 Å². The minimum atomic E-state index is 0.577. The molecule has 2 aromatic heterocycles. The van der Waals surface area contributed by atoms with E-state index in [1.165, 1.54) is 0 Å². The number of nitrogens with one attached hydrogen (secondary N) is 1. The van der Waals surface area contributed by atoms with Gasteiger partial charge in [0.15, 0.2) is 5.52 Å². The third kappa shape index (κ3) is 1.24. The molecule has 4 nitrogen and oxygen atoms in total. The summed E-state index contributed by atoms with van der Waals surface area (Å²) in [6, 6.07) is 1.89. The lowest BCUT2D eigenvalue weighted by Crippen LogP contribution is -1.87. The van der Waals surface area contributed by atoms with Crippen LogP contribution in [-0.4, -0.2) is 22.1 Å². The van der Waals surface area contributed by atoms with Gasteiger partial charge in [0.25, 0.3) is 0 Å². The van der Waals surface area contributed by atoms with E-state index in [1.54, 1.807) is 13.3 Å². The maximum absolute atomic E-state index is 5.09. The van der Waals surface area contributed by atoms with Crippen molar-refractivity contribution in [2.24, 2.45) is 0 Å². The third-order valence-electron chi connectivity index (χ3n) is 1.94. The maximum atomic E-state index is 5.09. The average Bonchev–Trinajstić information content (AvgIpc) is 2.59. The number of aromatic nitrogens is 3. The number of fused-ring (bicyclic) bond motifs is 1. The normalized spacial score (nSPS) is 10.6. The van der Waals surface area contributed by atoms with E-state index in [4.69, 9.17) is 4.74 Å². The molecule has 2 heterocycles. The van der Waals surface area contributed by atoms with E-state index in [0.29, 0.717) is 5.88 Å². The van der Waals surface area contributed by atoms with E-state index in [1.807, 2.05) is 6.07 Å². The van der Waals surface area contributed by atoms with E-state index < -0.39 is 0 Å². The molecule has 0 fully saturated rings. The summed E-state index contributed by atoms with van der Waals surface area (Å²) in [5.74, 6) is 1.54. The van der Waals surface area contributed by atoms with Crippen molar-refractivity contribution in [1.82, 2.24) is 15.0 Å². The fraction of sp³-hybridized carbons (Fsp3) is 0.333. The van der Waals surface area contributed by atoms with Crippen molar-refractivity contribution in [2.75, 3.05) is 7.11 Å². The molecule has 0 aliphatic carbocycles. The van der Waals surface area contributed by atoms with E-state index >= 15 is 0 Å². The number of ether oxygens (including phenoxy) is 1. The van der Waals surface area contributed by atoms with Crippen LogP contribution in [0, 0.1) is 0 Å². The number of pyridine rings is 1. The summed E-state index contributed by atoms with van der Waals surface area (Å²) in [5, 5.41) is 0. The summed E-state index contributed by atoms with van der Waals surface area (Å²) in [6.07, 6.45) is 2.59. The smallest absolute Gasteiger partial charge is 0.241 e. The van der Waals surface area contributed by atoms with Gasteiger partial charge in [0.2, 0.25) is 5.88 Å². The van der Waals surface area contributed by atoms with Crippen LogP contribution in [0.15, 0.2) is 12.3 Å². The lowest BCUT2D eigenvalue weighted by atomic mass is 10.4. The zero-order chi connectivity index (χ0) is 9.26. The number of hydrogen-bond donors (Lipinski definition) is 1. The topological polar surface area (TPSA) is 50.8 Å². The molecule has 0 aromatic carbocycles. The molecule has 0 spiro atoms. The Kier molecular flexibility index (Phi) is 1.88. The Labute approximate surface area is 76.0 Å². The van der Waals surface area contributed by atoms with Crippen molar-refractivity contribution in [3.05, 3.63) is 18.1 Å². The molecule has 4 heteroatoms. The van der Waals surface area contributed by atoms with E-state index in [-0.39, 0.29) is 0 Å². The second kappa shape index (κ2) is 3.05. The SMILES string of the molecule is CCc1nc2c(OC)nccc2[nH]1. The van der Waals surface area contributed by atoms with Crippen molar-refractivity contribution in [3.8, 4) is 5.88 Å². The van der Waals surface area contributed by atoms with E-state index in [0.717, 1.165) is 23.3 Å². The quantitative estimate of drug-likeness (QED) is 0.756. The summed E-state index contributed by atoms with van der Waals surface area (Å²) in [6.45, 7) is 2.05. The lowest BCUT2D eigenvalue weighted by Gasteiger charge is -1.96. The molecule has 1 N–H and O–H groups in total. The van der Waals surface area contributed by atoms with Gasteiger partial charge in [-0.15, -0.1) is 0 Å². The molecule has 68 valence electrons. The Morgan fingerprint density at radius 2 is 2.38 bits per heavy atom. The Bertz CT molecular complexity index is 422.